The zero-order chi connectivity index (χ0) is 11.7. The van der Waals surface area contributed by atoms with Crippen LogP contribution in [0, 0.1) is 0 Å². The van der Waals surface area contributed by atoms with Crippen LogP contribution >= 0.6 is 0 Å². The molecule has 1 aliphatic heterocycles. The second-order valence-corrected chi connectivity index (χ2v) is 3.77. The molecule has 0 radical (unpaired) electrons. The maximum Gasteiger partial charge on any atom is 0.323 e. The van der Waals surface area contributed by atoms with E-state index in [0.717, 1.165) is 11.1 Å². The molecule has 2 rings (SSSR count). The number of rotatable bonds is 1. The summed E-state index contributed by atoms with van der Waals surface area (Å²) in [5, 5.41) is 21.7. The van der Waals surface area contributed by atoms with Crippen LogP contribution in [-0.4, -0.2) is 29.3 Å². The first-order chi connectivity index (χ1) is 7.61. The van der Waals surface area contributed by atoms with Gasteiger partial charge in [-0.3, -0.25) is 4.79 Å². The van der Waals surface area contributed by atoms with Crippen molar-refractivity contribution in [3.8, 4) is 11.5 Å². The number of hydrogen-bond donors (Lipinski definition) is 3. The molecule has 1 heterocycles. The lowest BCUT2D eigenvalue weighted by Gasteiger charge is -2.24. The van der Waals surface area contributed by atoms with E-state index in [1.807, 2.05) is 0 Å². The molecule has 0 aromatic heterocycles. The maximum absolute atomic E-state index is 11.3. The largest absolute Gasteiger partial charge is 0.504 e. The fraction of sp³-hybridized carbons (Fsp3) is 0.364. The molecule has 0 saturated heterocycles. The number of ether oxygens (including phenoxy) is 1. The smallest absolute Gasteiger partial charge is 0.323 e. The summed E-state index contributed by atoms with van der Waals surface area (Å²) in [6, 6.07) is 2.61. The normalized spacial score (nSPS) is 18.9. The molecule has 1 atom stereocenters. The van der Waals surface area contributed by atoms with Crippen LogP contribution in [0.4, 0.5) is 0 Å². The highest BCUT2D eigenvalue weighted by atomic mass is 16.5. The lowest BCUT2D eigenvalue weighted by atomic mass is 9.95. The van der Waals surface area contributed by atoms with E-state index in [4.69, 9.17) is 0 Å². The molecular weight excluding hydrogens is 210 g/mol. The Kier molecular flexibility index (Phi) is 2.70. The van der Waals surface area contributed by atoms with Crippen LogP contribution in [0.3, 0.4) is 0 Å². The number of aromatic hydroxyl groups is 2. The number of hydrogen-bond acceptors (Lipinski definition) is 5. The second-order valence-electron chi connectivity index (χ2n) is 3.77. The first-order valence-corrected chi connectivity index (χ1v) is 4.96. The molecule has 5 nitrogen and oxygen atoms in total. The average Bonchev–Trinajstić information content (AvgIpc) is 2.29. The van der Waals surface area contributed by atoms with Gasteiger partial charge in [0.05, 0.1) is 7.11 Å². The monoisotopic (exact) mass is 223 g/mol. The van der Waals surface area contributed by atoms with Crippen molar-refractivity contribution in [1.82, 2.24) is 5.32 Å². The Morgan fingerprint density at radius 3 is 2.62 bits per heavy atom. The first kappa shape index (κ1) is 10.8. The fourth-order valence-corrected chi connectivity index (χ4v) is 1.85. The highest BCUT2D eigenvalue weighted by Crippen LogP contribution is 2.30. The van der Waals surface area contributed by atoms with E-state index in [-0.39, 0.29) is 23.5 Å². The summed E-state index contributed by atoms with van der Waals surface area (Å²) < 4.78 is 4.65. The molecule has 0 aliphatic carbocycles. The van der Waals surface area contributed by atoms with Gasteiger partial charge in [-0.25, -0.2) is 0 Å². The van der Waals surface area contributed by atoms with Crippen molar-refractivity contribution < 1.29 is 19.7 Å². The first-order valence-electron chi connectivity index (χ1n) is 4.96. The number of fused-ring (bicyclic) bond motifs is 1. The predicted molar refractivity (Wildman–Crippen MR) is 56.1 cm³/mol. The third-order valence-corrected chi connectivity index (χ3v) is 2.75. The lowest BCUT2D eigenvalue weighted by molar-refractivity contribution is -0.143. The number of methoxy groups -OCH3 is 1. The van der Waals surface area contributed by atoms with Crippen molar-refractivity contribution in [3.05, 3.63) is 23.3 Å². The summed E-state index contributed by atoms with van der Waals surface area (Å²) in [4.78, 5) is 11.3. The van der Waals surface area contributed by atoms with E-state index >= 15 is 0 Å². The van der Waals surface area contributed by atoms with Gasteiger partial charge in [0, 0.05) is 6.54 Å². The molecule has 0 amide bonds. The number of nitrogens with one attached hydrogen (secondary N) is 1. The Balaban J connectivity index is 2.27. The topological polar surface area (TPSA) is 78.8 Å². The van der Waals surface area contributed by atoms with E-state index in [1.54, 1.807) is 0 Å². The Labute approximate surface area is 92.7 Å². The molecule has 5 heteroatoms. The molecule has 1 unspecified atom stereocenters. The van der Waals surface area contributed by atoms with Gasteiger partial charge >= 0.3 is 5.97 Å². The van der Waals surface area contributed by atoms with Gasteiger partial charge in [-0.1, -0.05) is 0 Å². The van der Waals surface area contributed by atoms with Crippen molar-refractivity contribution in [2.75, 3.05) is 7.11 Å². The quantitative estimate of drug-likeness (QED) is 0.471. The Hall–Kier alpha value is -1.75. The van der Waals surface area contributed by atoms with Gasteiger partial charge in [0.2, 0.25) is 0 Å². The standard InChI is InChI=1S/C11H13NO4/c1-16-11(15)8-2-6-3-9(13)10(14)4-7(6)5-12-8/h3-4,8,12-14H,2,5H2,1H3. The van der Waals surface area contributed by atoms with Gasteiger partial charge in [-0.2, -0.15) is 0 Å². The van der Waals surface area contributed by atoms with Crippen molar-refractivity contribution in [2.24, 2.45) is 0 Å². The minimum atomic E-state index is -0.388. The van der Waals surface area contributed by atoms with Gasteiger partial charge in [0.1, 0.15) is 6.04 Å². The lowest BCUT2D eigenvalue weighted by Crippen LogP contribution is -2.42. The van der Waals surface area contributed by atoms with Gasteiger partial charge in [0.15, 0.2) is 11.5 Å². The van der Waals surface area contributed by atoms with Gasteiger partial charge in [0.25, 0.3) is 0 Å². The molecule has 0 saturated carbocycles. The van der Waals surface area contributed by atoms with Crippen LogP contribution in [0.25, 0.3) is 0 Å². The second kappa shape index (κ2) is 4.02. The van der Waals surface area contributed by atoms with Crippen molar-refractivity contribution in [1.29, 1.82) is 0 Å². The van der Waals surface area contributed by atoms with Crippen LogP contribution < -0.4 is 5.32 Å². The summed E-state index contributed by atoms with van der Waals surface area (Å²) in [5.41, 5.74) is 1.74. The molecule has 0 fully saturated rings. The summed E-state index contributed by atoms with van der Waals surface area (Å²) in [7, 11) is 1.34. The van der Waals surface area contributed by atoms with Crippen molar-refractivity contribution in [2.45, 2.75) is 19.0 Å². The summed E-state index contributed by atoms with van der Waals surface area (Å²) in [6.07, 6.45) is 0.454. The molecular formula is C11H13NO4. The Morgan fingerprint density at radius 2 is 2.00 bits per heavy atom. The Morgan fingerprint density at radius 1 is 1.38 bits per heavy atom. The predicted octanol–water partition coefficient (Wildman–Crippen LogP) is 0.285. The number of esters is 1. The number of phenolic OH excluding ortho intramolecular Hbond substituents is 2. The third kappa shape index (κ3) is 1.81. The minimum absolute atomic E-state index is 0.142. The Bertz CT molecular complexity index is 430. The molecule has 0 bridgehead atoms. The molecule has 3 N–H and O–H groups in total. The van der Waals surface area contributed by atoms with Crippen molar-refractivity contribution >= 4 is 5.97 Å². The summed E-state index contributed by atoms with van der Waals surface area (Å²) in [6.45, 7) is 0.475. The van der Waals surface area contributed by atoms with Crippen LogP contribution in [0.5, 0.6) is 11.5 Å². The maximum atomic E-state index is 11.3. The zero-order valence-corrected chi connectivity index (χ0v) is 8.86. The van der Waals surface area contributed by atoms with Crippen LogP contribution in [-0.2, 0) is 22.5 Å². The van der Waals surface area contributed by atoms with Crippen LogP contribution in [0.15, 0.2) is 12.1 Å². The highest BCUT2D eigenvalue weighted by Gasteiger charge is 2.25. The van der Waals surface area contributed by atoms with E-state index in [9.17, 15) is 15.0 Å². The molecule has 86 valence electrons. The van der Waals surface area contributed by atoms with Crippen LogP contribution in [0.2, 0.25) is 0 Å². The average molecular weight is 223 g/mol. The molecule has 1 aliphatic rings. The van der Waals surface area contributed by atoms with E-state index in [0.29, 0.717) is 13.0 Å². The number of benzene rings is 1. The zero-order valence-electron chi connectivity index (χ0n) is 8.86. The van der Waals surface area contributed by atoms with E-state index in [1.165, 1.54) is 19.2 Å². The third-order valence-electron chi connectivity index (χ3n) is 2.75. The summed E-state index contributed by atoms with van der Waals surface area (Å²) in [5.74, 6) is -0.625. The van der Waals surface area contributed by atoms with Crippen molar-refractivity contribution in [3.63, 3.8) is 0 Å². The molecule has 16 heavy (non-hydrogen) atoms. The van der Waals surface area contributed by atoms with Gasteiger partial charge < -0.3 is 20.3 Å². The molecule has 0 spiro atoms. The molecule has 1 aromatic rings. The van der Waals surface area contributed by atoms with Gasteiger partial charge in [-0.15, -0.1) is 0 Å². The molecule has 1 aromatic carbocycles. The number of phenols is 2. The van der Waals surface area contributed by atoms with Crippen LogP contribution in [0.1, 0.15) is 11.1 Å². The summed E-state index contributed by atoms with van der Waals surface area (Å²) >= 11 is 0. The number of carbonyl (C=O) groups excluding carboxylic acids is 1. The number of carbonyl (C=O) groups is 1. The SMILES string of the molecule is COC(=O)C1Cc2cc(O)c(O)cc2CN1. The minimum Gasteiger partial charge on any atom is -0.504 e. The fourth-order valence-electron chi connectivity index (χ4n) is 1.85. The van der Waals surface area contributed by atoms with E-state index < -0.39 is 0 Å². The highest BCUT2D eigenvalue weighted by molar-refractivity contribution is 5.76. The van der Waals surface area contributed by atoms with Gasteiger partial charge in [-0.05, 0) is 29.7 Å². The van der Waals surface area contributed by atoms with E-state index in [2.05, 4.69) is 10.1 Å².